The lowest BCUT2D eigenvalue weighted by atomic mass is 10.3. The molecule has 1 N–H and O–H groups in total. The number of benzene rings is 2. The van der Waals surface area contributed by atoms with Crippen LogP contribution in [0.25, 0.3) is 16.7 Å². The summed E-state index contributed by atoms with van der Waals surface area (Å²) in [4.78, 5) is 17.0. The minimum absolute atomic E-state index is 0.156. The highest BCUT2D eigenvalue weighted by Gasteiger charge is 2.16. The third kappa shape index (κ3) is 3.48. The summed E-state index contributed by atoms with van der Waals surface area (Å²) in [7, 11) is 0. The Bertz CT molecular complexity index is 1140. The summed E-state index contributed by atoms with van der Waals surface area (Å²) in [5.74, 6) is 0.906. The standard InChI is InChI=1S/C19H16ClN5OS/c1-2-16-23-24-18-19(22-14-9-5-6-10-15(14)25(16)18)27-11-17(26)21-13-8-4-3-7-12(13)20/h3-10H,2,11H2,1H3,(H,21,26). The molecule has 0 unspecified atom stereocenters. The van der Waals surface area contributed by atoms with Gasteiger partial charge in [0.1, 0.15) is 10.9 Å². The minimum atomic E-state index is -0.156. The van der Waals surface area contributed by atoms with Gasteiger partial charge in [-0.3, -0.25) is 9.20 Å². The molecule has 1 amide bonds. The molecule has 0 aliphatic carbocycles. The number of carbonyl (C=O) groups is 1. The van der Waals surface area contributed by atoms with Gasteiger partial charge in [0, 0.05) is 6.42 Å². The Balaban J connectivity index is 1.62. The average molecular weight is 398 g/mol. The van der Waals surface area contributed by atoms with E-state index in [1.165, 1.54) is 11.8 Å². The van der Waals surface area contributed by atoms with E-state index in [0.29, 0.717) is 21.4 Å². The van der Waals surface area contributed by atoms with Crippen LogP contribution < -0.4 is 5.32 Å². The maximum Gasteiger partial charge on any atom is 0.234 e. The van der Waals surface area contributed by atoms with Crippen LogP contribution in [-0.2, 0) is 11.2 Å². The van der Waals surface area contributed by atoms with Crippen molar-refractivity contribution in [3.63, 3.8) is 0 Å². The SMILES string of the molecule is CCc1nnc2c(SCC(=O)Nc3ccccc3Cl)nc3ccccc3n12. The van der Waals surface area contributed by atoms with Crippen molar-refractivity contribution in [3.8, 4) is 0 Å². The zero-order valence-corrected chi connectivity index (χ0v) is 16.1. The lowest BCUT2D eigenvalue weighted by Crippen LogP contribution is -2.14. The molecule has 0 spiro atoms. The van der Waals surface area contributed by atoms with E-state index in [9.17, 15) is 4.79 Å². The molecule has 27 heavy (non-hydrogen) atoms. The number of carbonyl (C=O) groups excluding carboxylic acids is 1. The molecule has 0 saturated heterocycles. The van der Waals surface area contributed by atoms with E-state index < -0.39 is 0 Å². The molecule has 0 bridgehead atoms. The lowest BCUT2D eigenvalue weighted by molar-refractivity contribution is -0.113. The van der Waals surface area contributed by atoms with Gasteiger partial charge in [-0.2, -0.15) is 0 Å². The molecule has 2 aromatic carbocycles. The number of hydrogen-bond acceptors (Lipinski definition) is 5. The van der Waals surface area contributed by atoms with E-state index in [1.54, 1.807) is 12.1 Å². The Kier molecular flexibility index (Phi) is 4.96. The van der Waals surface area contributed by atoms with E-state index in [1.807, 2.05) is 47.7 Å². The fourth-order valence-electron chi connectivity index (χ4n) is 2.82. The second-order valence-corrected chi connectivity index (χ2v) is 7.22. The average Bonchev–Trinajstić information content (AvgIpc) is 3.12. The molecule has 2 aromatic heterocycles. The van der Waals surface area contributed by atoms with Gasteiger partial charge in [-0.1, -0.05) is 54.6 Å². The highest BCUT2D eigenvalue weighted by atomic mass is 35.5. The number of nitrogens with one attached hydrogen (secondary N) is 1. The van der Waals surface area contributed by atoms with Crippen molar-refractivity contribution in [1.29, 1.82) is 0 Å². The van der Waals surface area contributed by atoms with Gasteiger partial charge in [-0.15, -0.1) is 10.2 Å². The van der Waals surface area contributed by atoms with E-state index in [4.69, 9.17) is 11.6 Å². The third-order valence-electron chi connectivity index (χ3n) is 4.07. The summed E-state index contributed by atoms with van der Waals surface area (Å²) in [6.45, 7) is 2.04. The van der Waals surface area contributed by atoms with E-state index >= 15 is 0 Å². The number of nitrogens with zero attached hydrogens (tertiary/aromatic N) is 4. The fourth-order valence-corrected chi connectivity index (χ4v) is 3.77. The van der Waals surface area contributed by atoms with Gasteiger partial charge in [0.25, 0.3) is 0 Å². The first-order valence-corrected chi connectivity index (χ1v) is 9.83. The molecule has 0 aliphatic heterocycles. The molecule has 0 atom stereocenters. The highest BCUT2D eigenvalue weighted by Crippen LogP contribution is 2.26. The van der Waals surface area contributed by atoms with Gasteiger partial charge in [0.05, 0.1) is 27.5 Å². The number of anilines is 1. The maximum atomic E-state index is 12.3. The Morgan fingerprint density at radius 1 is 1.15 bits per heavy atom. The first-order chi connectivity index (χ1) is 13.2. The van der Waals surface area contributed by atoms with Crippen molar-refractivity contribution < 1.29 is 4.79 Å². The molecule has 4 rings (SSSR count). The number of thioether (sulfide) groups is 1. The smallest absolute Gasteiger partial charge is 0.234 e. The van der Waals surface area contributed by atoms with Crippen molar-refractivity contribution in [3.05, 3.63) is 59.4 Å². The van der Waals surface area contributed by atoms with E-state index in [-0.39, 0.29) is 11.7 Å². The molecule has 0 radical (unpaired) electrons. The number of hydrogen-bond donors (Lipinski definition) is 1. The normalized spacial score (nSPS) is 11.2. The molecule has 136 valence electrons. The van der Waals surface area contributed by atoms with Gasteiger partial charge in [0.15, 0.2) is 5.65 Å². The molecule has 0 fully saturated rings. The number of fused-ring (bicyclic) bond motifs is 3. The molecule has 0 saturated carbocycles. The van der Waals surface area contributed by atoms with Crippen LogP contribution in [0.4, 0.5) is 5.69 Å². The number of rotatable bonds is 5. The van der Waals surface area contributed by atoms with Crippen molar-refractivity contribution >= 4 is 51.6 Å². The number of aromatic nitrogens is 4. The third-order valence-corrected chi connectivity index (χ3v) is 5.35. The minimum Gasteiger partial charge on any atom is -0.324 e. The molecule has 6 nitrogen and oxygen atoms in total. The summed E-state index contributed by atoms with van der Waals surface area (Å²) in [6.07, 6.45) is 0.756. The van der Waals surface area contributed by atoms with Crippen LogP contribution in [0.15, 0.2) is 53.6 Å². The predicted molar refractivity (Wildman–Crippen MR) is 108 cm³/mol. The van der Waals surface area contributed by atoms with Crippen molar-refractivity contribution in [2.45, 2.75) is 18.4 Å². The number of aryl methyl sites for hydroxylation is 1. The van der Waals surface area contributed by atoms with E-state index in [2.05, 4.69) is 20.5 Å². The van der Waals surface area contributed by atoms with Crippen molar-refractivity contribution in [2.24, 2.45) is 0 Å². The Labute approximate surface area is 165 Å². The van der Waals surface area contributed by atoms with Crippen LogP contribution in [0.1, 0.15) is 12.7 Å². The zero-order chi connectivity index (χ0) is 18.8. The first-order valence-electron chi connectivity index (χ1n) is 8.47. The molecule has 8 heteroatoms. The van der Waals surface area contributed by atoms with Crippen molar-refractivity contribution in [1.82, 2.24) is 19.6 Å². The van der Waals surface area contributed by atoms with Crippen LogP contribution >= 0.6 is 23.4 Å². The highest BCUT2D eigenvalue weighted by molar-refractivity contribution is 8.00. The van der Waals surface area contributed by atoms with Crippen LogP contribution in [0, 0.1) is 0 Å². The molecule has 4 aromatic rings. The van der Waals surface area contributed by atoms with Gasteiger partial charge >= 0.3 is 0 Å². The monoisotopic (exact) mass is 397 g/mol. The van der Waals surface area contributed by atoms with E-state index in [0.717, 1.165) is 23.3 Å². The topological polar surface area (TPSA) is 72.2 Å². The summed E-state index contributed by atoms with van der Waals surface area (Å²) in [6, 6.07) is 15.0. The fraction of sp³-hybridized carbons (Fsp3) is 0.158. The maximum absolute atomic E-state index is 12.3. The number of para-hydroxylation sites is 3. The molecule has 0 aliphatic rings. The lowest BCUT2D eigenvalue weighted by Gasteiger charge is -2.09. The number of halogens is 1. The Morgan fingerprint density at radius 3 is 2.74 bits per heavy atom. The quantitative estimate of drug-likeness (QED) is 0.510. The van der Waals surface area contributed by atoms with Crippen LogP contribution in [0.5, 0.6) is 0 Å². The molecule has 2 heterocycles. The Morgan fingerprint density at radius 2 is 1.93 bits per heavy atom. The van der Waals surface area contributed by atoms with Crippen LogP contribution in [-0.4, -0.2) is 31.2 Å². The zero-order valence-electron chi connectivity index (χ0n) is 14.5. The summed E-state index contributed by atoms with van der Waals surface area (Å²) in [5.41, 5.74) is 3.06. The Hall–Kier alpha value is -2.64. The van der Waals surface area contributed by atoms with Gasteiger partial charge < -0.3 is 5.32 Å². The van der Waals surface area contributed by atoms with Gasteiger partial charge in [-0.25, -0.2) is 4.98 Å². The summed E-state index contributed by atoms with van der Waals surface area (Å²) >= 11 is 7.42. The van der Waals surface area contributed by atoms with Crippen LogP contribution in [0.2, 0.25) is 5.02 Å². The summed E-state index contributed by atoms with van der Waals surface area (Å²) in [5, 5.41) is 12.6. The molecular weight excluding hydrogens is 382 g/mol. The van der Waals surface area contributed by atoms with Crippen molar-refractivity contribution in [2.75, 3.05) is 11.1 Å². The largest absolute Gasteiger partial charge is 0.324 e. The van der Waals surface area contributed by atoms with Gasteiger partial charge in [-0.05, 0) is 24.3 Å². The second-order valence-electron chi connectivity index (χ2n) is 5.85. The second kappa shape index (κ2) is 7.54. The predicted octanol–water partition coefficient (Wildman–Crippen LogP) is 4.22. The van der Waals surface area contributed by atoms with Crippen LogP contribution in [0.3, 0.4) is 0 Å². The summed E-state index contributed by atoms with van der Waals surface area (Å²) < 4.78 is 2.01. The first kappa shape index (κ1) is 17.8. The molecular formula is C19H16ClN5OS. The van der Waals surface area contributed by atoms with Gasteiger partial charge in [0.2, 0.25) is 5.91 Å². The number of amides is 1.